The van der Waals surface area contributed by atoms with Crippen molar-refractivity contribution in [1.82, 2.24) is 10.2 Å². The largest absolute Gasteiger partial charge is 0.495 e. The zero-order valence-corrected chi connectivity index (χ0v) is 12.1. The molecule has 0 aliphatic rings. The van der Waals surface area contributed by atoms with Crippen LogP contribution in [0.5, 0.6) is 5.75 Å². The van der Waals surface area contributed by atoms with E-state index in [4.69, 9.17) is 16.3 Å². The van der Waals surface area contributed by atoms with Crippen LogP contribution < -0.4 is 10.1 Å². The Bertz CT molecular complexity index is 694. The molecule has 0 spiro atoms. The molecule has 0 atom stereocenters. The molecule has 2 aromatic rings. The summed E-state index contributed by atoms with van der Waals surface area (Å²) in [5, 5.41) is 20.9. The smallest absolute Gasteiger partial charge is 0.171 e. The molecule has 5 nitrogen and oxygen atoms in total. The van der Waals surface area contributed by atoms with Crippen LogP contribution >= 0.6 is 11.6 Å². The quantitative estimate of drug-likeness (QED) is 0.937. The highest BCUT2D eigenvalue weighted by atomic mass is 35.5. The van der Waals surface area contributed by atoms with E-state index in [1.165, 1.54) is 0 Å². The molecule has 0 aliphatic carbocycles. The number of hydrogen-bond donors (Lipinski definition) is 1. The standard InChI is InChI=1S/C14H13ClN4O/c1-8-9(2)18-19-14(11(8)7-16)17-12-6-10(15)4-5-13(12)20-3/h4-6H,1-3H3,(H,17,19). The van der Waals surface area contributed by atoms with Crippen molar-refractivity contribution in [3.8, 4) is 11.8 Å². The molecule has 1 aromatic carbocycles. The van der Waals surface area contributed by atoms with Crippen LogP contribution in [-0.2, 0) is 0 Å². The number of aromatic nitrogens is 2. The molecule has 1 aromatic heterocycles. The number of rotatable bonds is 3. The number of methoxy groups -OCH3 is 1. The first-order valence-corrected chi connectivity index (χ1v) is 6.29. The zero-order chi connectivity index (χ0) is 14.7. The summed E-state index contributed by atoms with van der Waals surface area (Å²) < 4.78 is 5.25. The maximum atomic E-state index is 9.27. The first kappa shape index (κ1) is 14.1. The number of halogens is 1. The van der Waals surface area contributed by atoms with Gasteiger partial charge in [0.1, 0.15) is 17.4 Å². The van der Waals surface area contributed by atoms with Crippen molar-refractivity contribution in [1.29, 1.82) is 5.26 Å². The van der Waals surface area contributed by atoms with Crippen LogP contribution in [0.4, 0.5) is 11.5 Å². The summed E-state index contributed by atoms with van der Waals surface area (Å²) in [4.78, 5) is 0. The number of nitrogens with zero attached hydrogens (tertiary/aromatic N) is 3. The molecule has 0 radical (unpaired) electrons. The van der Waals surface area contributed by atoms with Gasteiger partial charge in [-0.15, -0.1) is 5.10 Å². The van der Waals surface area contributed by atoms with E-state index in [0.717, 1.165) is 11.3 Å². The van der Waals surface area contributed by atoms with Crippen molar-refractivity contribution in [3.05, 3.63) is 40.0 Å². The van der Waals surface area contributed by atoms with Crippen LogP contribution in [-0.4, -0.2) is 17.3 Å². The van der Waals surface area contributed by atoms with Gasteiger partial charge in [0, 0.05) is 5.02 Å². The van der Waals surface area contributed by atoms with Crippen molar-refractivity contribution < 1.29 is 4.74 Å². The molecular weight excluding hydrogens is 276 g/mol. The van der Waals surface area contributed by atoms with Gasteiger partial charge in [-0.1, -0.05) is 11.6 Å². The lowest BCUT2D eigenvalue weighted by Crippen LogP contribution is -2.04. The minimum atomic E-state index is 0.385. The Labute approximate surface area is 122 Å². The van der Waals surface area contributed by atoms with Crippen LogP contribution in [0.25, 0.3) is 0 Å². The van der Waals surface area contributed by atoms with Crippen molar-refractivity contribution in [3.63, 3.8) is 0 Å². The highest BCUT2D eigenvalue weighted by Gasteiger charge is 2.13. The molecule has 0 saturated carbocycles. The van der Waals surface area contributed by atoms with Crippen molar-refractivity contribution >= 4 is 23.1 Å². The van der Waals surface area contributed by atoms with Crippen molar-refractivity contribution in [2.75, 3.05) is 12.4 Å². The van der Waals surface area contributed by atoms with E-state index in [-0.39, 0.29) is 0 Å². The predicted molar refractivity (Wildman–Crippen MR) is 77.5 cm³/mol. The Morgan fingerprint density at radius 1 is 1.30 bits per heavy atom. The average Bonchev–Trinajstić information content (AvgIpc) is 2.43. The molecule has 6 heteroatoms. The molecule has 20 heavy (non-hydrogen) atoms. The first-order chi connectivity index (χ1) is 9.56. The maximum absolute atomic E-state index is 9.27. The van der Waals surface area contributed by atoms with Gasteiger partial charge in [0.25, 0.3) is 0 Å². The van der Waals surface area contributed by atoms with Crippen LogP contribution in [0.1, 0.15) is 16.8 Å². The summed E-state index contributed by atoms with van der Waals surface area (Å²) >= 11 is 5.97. The normalized spacial score (nSPS) is 9.95. The highest BCUT2D eigenvalue weighted by Crippen LogP contribution is 2.31. The molecule has 0 aliphatic heterocycles. The van der Waals surface area contributed by atoms with Gasteiger partial charge >= 0.3 is 0 Å². The molecule has 102 valence electrons. The third kappa shape index (κ3) is 2.65. The van der Waals surface area contributed by atoms with Gasteiger partial charge < -0.3 is 10.1 Å². The van der Waals surface area contributed by atoms with Crippen LogP contribution in [0.15, 0.2) is 18.2 Å². The third-order valence-electron chi connectivity index (χ3n) is 2.98. The van der Waals surface area contributed by atoms with Crippen LogP contribution in [0, 0.1) is 25.2 Å². The Morgan fingerprint density at radius 3 is 2.70 bits per heavy atom. The van der Waals surface area contributed by atoms with Gasteiger partial charge in [-0.3, -0.25) is 0 Å². The van der Waals surface area contributed by atoms with E-state index in [9.17, 15) is 5.26 Å². The van der Waals surface area contributed by atoms with Gasteiger partial charge in [-0.2, -0.15) is 10.4 Å². The minimum absolute atomic E-state index is 0.385. The fraction of sp³-hybridized carbons (Fsp3) is 0.214. The lowest BCUT2D eigenvalue weighted by Gasteiger charge is -2.12. The second kappa shape index (κ2) is 5.76. The summed E-state index contributed by atoms with van der Waals surface area (Å²) in [7, 11) is 1.56. The van der Waals surface area contributed by atoms with E-state index >= 15 is 0 Å². The molecule has 0 amide bonds. The molecule has 0 bridgehead atoms. The number of benzene rings is 1. The lowest BCUT2D eigenvalue weighted by atomic mass is 10.1. The van der Waals surface area contributed by atoms with Gasteiger partial charge in [-0.05, 0) is 37.6 Å². The number of ether oxygens (including phenoxy) is 1. The summed E-state index contributed by atoms with van der Waals surface area (Å²) in [5.41, 5.74) is 2.62. The highest BCUT2D eigenvalue weighted by molar-refractivity contribution is 6.31. The Kier molecular flexibility index (Phi) is 4.06. The van der Waals surface area contributed by atoms with Gasteiger partial charge in [-0.25, -0.2) is 0 Å². The second-order valence-electron chi connectivity index (χ2n) is 4.22. The molecule has 0 saturated heterocycles. The zero-order valence-electron chi connectivity index (χ0n) is 11.4. The lowest BCUT2D eigenvalue weighted by molar-refractivity contribution is 0.417. The Balaban J connectivity index is 2.48. The number of nitriles is 1. The second-order valence-corrected chi connectivity index (χ2v) is 4.65. The van der Waals surface area contributed by atoms with E-state index in [1.54, 1.807) is 25.3 Å². The summed E-state index contributed by atoms with van der Waals surface area (Å²) in [6, 6.07) is 7.31. The fourth-order valence-corrected chi connectivity index (χ4v) is 1.91. The predicted octanol–water partition coefficient (Wildman–Crippen LogP) is 3.37. The van der Waals surface area contributed by atoms with E-state index < -0.39 is 0 Å². The molecule has 1 heterocycles. The molecule has 0 unspecified atom stereocenters. The van der Waals surface area contributed by atoms with Crippen molar-refractivity contribution in [2.45, 2.75) is 13.8 Å². The monoisotopic (exact) mass is 288 g/mol. The molecule has 0 fully saturated rings. The van der Waals surface area contributed by atoms with Crippen LogP contribution in [0.3, 0.4) is 0 Å². The maximum Gasteiger partial charge on any atom is 0.171 e. The summed E-state index contributed by atoms with van der Waals surface area (Å²) in [5.74, 6) is 0.995. The minimum Gasteiger partial charge on any atom is -0.495 e. The Hall–Kier alpha value is -2.32. The van der Waals surface area contributed by atoms with E-state index in [2.05, 4.69) is 21.6 Å². The Morgan fingerprint density at radius 2 is 2.05 bits per heavy atom. The SMILES string of the molecule is COc1ccc(Cl)cc1Nc1nnc(C)c(C)c1C#N. The number of nitrogens with one attached hydrogen (secondary N) is 1. The topological polar surface area (TPSA) is 70.8 Å². The van der Waals surface area contributed by atoms with Crippen LogP contribution in [0.2, 0.25) is 5.02 Å². The molecule has 2 rings (SSSR count). The van der Waals surface area contributed by atoms with Crippen molar-refractivity contribution in [2.24, 2.45) is 0 Å². The number of hydrogen-bond acceptors (Lipinski definition) is 5. The van der Waals surface area contributed by atoms with Gasteiger partial charge in [0.05, 0.1) is 18.5 Å². The first-order valence-electron chi connectivity index (χ1n) is 5.91. The molecular formula is C14H13ClN4O. The fourth-order valence-electron chi connectivity index (χ4n) is 1.74. The average molecular weight is 289 g/mol. The summed E-state index contributed by atoms with van der Waals surface area (Å²) in [6.45, 7) is 3.65. The number of aryl methyl sites for hydroxylation is 1. The molecule has 1 N–H and O–H groups in total. The third-order valence-corrected chi connectivity index (χ3v) is 3.22. The number of anilines is 2. The van der Waals surface area contributed by atoms with Gasteiger partial charge in [0.2, 0.25) is 0 Å². The van der Waals surface area contributed by atoms with E-state index in [1.807, 2.05) is 13.8 Å². The van der Waals surface area contributed by atoms with Gasteiger partial charge in [0.15, 0.2) is 5.82 Å². The van der Waals surface area contributed by atoms with E-state index in [0.29, 0.717) is 27.8 Å². The summed E-state index contributed by atoms with van der Waals surface area (Å²) in [6.07, 6.45) is 0.